The Morgan fingerprint density at radius 2 is 0.235 bits per heavy atom. The second-order valence-electron chi connectivity index (χ2n) is 0. The third kappa shape index (κ3) is 1050. The minimum absolute atomic E-state index is 0. The molecule has 0 heterocycles. The van der Waals surface area contributed by atoms with E-state index in [0.29, 0.717) is 0 Å². The van der Waals surface area contributed by atoms with Crippen LogP contribution in [-0.2, 0) is 34.7 Å². The first-order valence-electron chi connectivity index (χ1n) is 0. The molecular weight excluding hydrogens is 423 g/mol. The van der Waals surface area contributed by atoms with Gasteiger partial charge in [0.25, 0.3) is 0 Å². The van der Waals surface area contributed by atoms with Crippen molar-refractivity contribution < 1.29 is 102 Å². The minimum atomic E-state index is 0. The van der Waals surface area contributed by atoms with E-state index in [2.05, 4.69) is 0 Å². The summed E-state index contributed by atoms with van der Waals surface area (Å²) in [6.07, 6.45) is 0. The maximum atomic E-state index is 0. The molecule has 0 aromatic rings. The van der Waals surface area contributed by atoms with Crippen molar-refractivity contribution in [3.8, 4) is 0 Å². The molecule has 0 bridgehead atoms. The molecule has 0 atom stereocenters. The first-order valence-corrected chi connectivity index (χ1v) is 0. The monoisotopic (exact) mass is 449 g/mol. The number of rotatable bonds is 0. The van der Waals surface area contributed by atoms with E-state index in [4.69, 9.17) is 0 Å². The molecule has 0 aliphatic heterocycles. The average molecular weight is 452 g/mol. The summed E-state index contributed by atoms with van der Waals surface area (Å²) in [5, 5.41) is 0. The Kier molecular flexibility index (Phi) is 97900. The fraction of sp³-hybridized carbons (Fsp3) is 0. The third-order valence-electron chi connectivity index (χ3n) is 0. The van der Waals surface area contributed by atoms with Crippen molar-refractivity contribution >= 4 is 0 Å². The third-order valence-corrected chi connectivity index (χ3v) is 0. The van der Waals surface area contributed by atoms with Crippen molar-refractivity contribution in [3.05, 3.63) is 0 Å². The smallest absolute Gasteiger partial charge is 1.00 e. The summed E-state index contributed by atoms with van der Waals surface area (Å²) in [4.78, 5) is 0. The molecule has 0 amide bonds. The van der Waals surface area contributed by atoms with Crippen LogP contribution >= 0.6 is 0 Å². The summed E-state index contributed by atoms with van der Waals surface area (Å²) in [6.45, 7) is 0. The Balaban J connectivity index is 0. The maximum absolute atomic E-state index is 0. The Labute approximate surface area is 157 Å². The van der Waals surface area contributed by atoms with Gasteiger partial charge in [0.15, 0.2) is 0 Å². The van der Waals surface area contributed by atoms with E-state index >= 15 is 0 Å². The Morgan fingerprint density at radius 3 is 0.235 bits per heavy atom. The summed E-state index contributed by atoms with van der Waals surface area (Å²) < 4.78 is 0. The molecule has 17 heavy (non-hydrogen) atoms. The first-order chi connectivity index (χ1) is 0. The van der Waals surface area contributed by atoms with Crippen LogP contribution in [0, 0.1) is 0 Å². The van der Waals surface area contributed by atoms with Crippen LogP contribution < -0.4 is 117 Å². The zero-order chi connectivity index (χ0) is 0. The predicted octanol–water partition coefficient (Wildman–Crippen LogP) is -13.7. The molecule has 0 aliphatic rings. The van der Waals surface area contributed by atoms with Crippen LogP contribution in [0.25, 0.3) is 0 Å². The van der Waals surface area contributed by atoms with Crippen molar-refractivity contribution in [2.45, 2.75) is 0 Å². The molecule has 0 saturated carbocycles. The predicted molar refractivity (Wildman–Crippen MR) is 47.1 cm³/mol. The van der Waals surface area contributed by atoms with Gasteiger partial charge in [-0.15, -0.1) is 0 Å². The topological polar surface area (TPSA) is 345 Å². The van der Waals surface area contributed by atoms with E-state index in [1.807, 2.05) is 0 Å². The summed E-state index contributed by atoms with van der Waals surface area (Å²) in [5.41, 5.74) is 0. The fourth-order valence-corrected chi connectivity index (χ4v) is 0. The molecule has 28 N–H and O–H groups in total. The largest absolute Gasteiger partial charge is 3.00 e. The van der Waals surface area contributed by atoms with E-state index in [0.717, 1.165) is 0 Å². The SMILES string of the molecule is N.N.N.N.N.N.N.N.N.[Cl-].[Cl-].[Cl-].[Cl-].[Cl-].[Cr+3].[Cr+3].[OH-]. The summed E-state index contributed by atoms with van der Waals surface area (Å²) in [5.74, 6) is 0. The molecule has 2 radical (unpaired) electrons. The van der Waals surface area contributed by atoms with E-state index in [-0.39, 0.29) is 158 Å². The van der Waals surface area contributed by atoms with E-state index in [1.165, 1.54) is 0 Å². The fourth-order valence-electron chi connectivity index (χ4n) is 0. The van der Waals surface area contributed by atoms with Crippen LogP contribution in [0.4, 0.5) is 0 Å². The van der Waals surface area contributed by atoms with Crippen molar-refractivity contribution in [2.75, 3.05) is 0 Å². The van der Waals surface area contributed by atoms with Gasteiger partial charge < -0.3 is 123 Å². The van der Waals surface area contributed by atoms with Crippen LogP contribution in [-0.4, -0.2) is 5.48 Å². The van der Waals surface area contributed by atoms with Crippen molar-refractivity contribution in [3.63, 3.8) is 0 Å². The number of hydrogen-bond acceptors (Lipinski definition) is 10. The van der Waals surface area contributed by atoms with Gasteiger partial charge in [0.05, 0.1) is 0 Å². The van der Waals surface area contributed by atoms with Gasteiger partial charge in [-0.2, -0.15) is 0 Å². The van der Waals surface area contributed by atoms with Crippen molar-refractivity contribution in [1.82, 2.24) is 55.4 Å². The average Bonchev–Trinajstić information content (AvgIpc) is 0. The second-order valence-corrected chi connectivity index (χ2v) is 0. The number of halogens is 5. The Hall–Kier alpha value is 2.11. The van der Waals surface area contributed by atoms with E-state index < -0.39 is 0 Å². The summed E-state index contributed by atoms with van der Waals surface area (Å²) in [6, 6.07) is 0. The van der Waals surface area contributed by atoms with Crippen LogP contribution in [0.1, 0.15) is 0 Å². The molecule has 0 unspecified atom stereocenters. The standard InChI is InChI=1S/5ClH.2Cr.9H3N.H2O/h5*1H;;;9*1H3;1H2/q;;;;;2*+3;;;;;;;;;;/p-6. The first kappa shape index (κ1) is 1400. The molecule has 0 fully saturated rings. The van der Waals surface area contributed by atoms with E-state index in [1.54, 1.807) is 0 Å². The quantitative estimate of drug-likeness (QED) is 0.167. The van der Waals surface area contributed by atoms with Crippen molar-refractivity contribution in [2.24, 2.45) is 0 Å². The second kappa shape index (κ2) is 1190. The molecule has 0 saturated heterocycles. The van der Waals surface area contributed by atoms with Gasteiger partial charge in [0, 0.05) is 0 Å². The molecule has 126 valence electrons. The maximum Gasteiger partial charge on any atom is 3.00 e. The summed E-state index contributed by atoms with van der Waals surface area (Å²) >= 11 is 0. The van der Waals surface area contributed by atoms with Gasteiger partial charge in [-0.1, -0.05) is 0 Å². The van der Waals surface area contributed by atoms with Gasteiger partial charge in [-0.25, -0.2) is 0 Å². The molecule has 0 spiro atoms. The van der Waals surface area contributed by atoms with Gasteiger partial charge in [-0.05, 0) is 0 Å². The molecule has 17 heteroatoms. The van der Waals surface area contributed by atoms with Crippen LogP contribution in [0.15, 0.2) is 0 Å². The molecule has 0 aromatic carbocycles. The van der Waals surface area contributed by atoms with Crippen LogP contribution in [0.5, 0.6) is 0 Å². The molecular formula is H28Cl5Cr2N9O. The number of hydrogen-bond donors (Lipinski definition) is 9. The van der Waals surface area contributed by atoms with E-state index in [9.17, 15) is 0 Å². The normalized spacial score (nSPS) is 0. The van der Waals surface area contributed by atoms with Crippen LogP contribution in [0.3, 0.4) is 0 Å². The zero-order valence-corrected chi connectivity index (χ0v) is 15.8. The van der Waals surface area contributed by atoms with Gasteiger partial charge >= 0.3 is 34.7 Å². The van der Waals surface area contributed by atoms with Crippen molar-refractivity contribution in [1.29, 1.82) is 0 Å². The molecule has 0 rings (SSSR count). The molecule has 0 aliphatic carbocycles. The molecule has 10 nitrogen and oxygen atoms in total. The summed E-state index contributed by atoms with van der Waals surface area (Å²) in [7, 11) is 0. The minimum Gasteiger partial charge on any atom is -1.00 e. The van der Waals surface area contributed by atoms with Gasteiger partial charge in [0.2, 0.25) is 0 Å². The van der Waals surface area contributed by atoms with Gasteiger partial charge in [0.1, 0.15) is 0 Å². The Bertz CT molecular complexity index is 27.3. The Morgan fingerprint density at radius 1 is 0.235 bits per heavy atom. The van der Waals surface area contributed by atoms with Crippen LogP contribution in [0.2, 0.25) is 0 Å². The van der Waals surface area contributed by atoms with Gasteiger partial charge in [-0.3, -0.25) is 0 Å². The zero-order valence-electron chi connectivity index (χ0n) is 9.52. The molecule has 0 aromatic heterocycles.